The number of hydrogen-bond acceptors (Lipinski definition) is 4. The largest absolute Gasteiger partial charge is 0.484 e. The normalized spacial score (nSPS) is 10.0. The van der Waals surface area contributed by atoms with Gasteiger partial charge in [0.1, 0.15) is 5.75 Å². The summed E-state index contributed by atoms with van der Waals surface area (Å²) in [5.41, 5.74) is 2.60. The van der Waals surface area contributed by atoms with E-state index >= 15 is 0 Å². The van der Waals surface area contributed by atoms with Gasteiger partial charge in [-0.25, -0.2) is 0 Å². The molecule has 0 aromatic heterocycles. The third-order valence-corrected chi connectivity index (χ3v) is 4.27. The lowest BCUT2D eigenvalue weighted by Crippen LogP contribution is -2.37. The molecule has 3 N–H and O–H groups in total. The number of carbonyl (C=O) groups is 2. The SMILES string of the molecule is Cc1cccc(OCC(=O)NC(=S)Nc2ccccc2C(=O)Nc2ccccc2)c1. The minimum atomic E-state index is -0.403. The Morgan fingerprint density at radius 2 is 1.63 bits per heavy atom. The fourth-order valence-corrected chi connectivity index (χ4v) is 2.90. The molecule has 0 unspecified atom stereocenters. The van der Waals surface area contributed by atoms with Crippen molar-refractivity contribution in [2.24, 2.45) is 0 Å². The van der Waals surface area contributed by atoms with Gasteiger partial charge >= 0.3 is 0 Å². The number of anilines is 2. The molecule has 0 atom stereocenters. The van der Waals surface area contributed by atoms with Gasteiger partial charge in [-0.1, -0.05) is 42.5 Å². The molecule has 7 heteroatoms. The second-order valence-electron chi connectivity index (χ2n) is 6.47. The van der Waals surface area contributed by atoms with Gasteiger partial charge in [0.25, 0.3) is 11.8 Å². The molecule has 0 saturated carbocycles. The number of amides is 2. The summed E-state index contributed by atoms with van der Waals surface area (Å²) in [6.07, 6.45) is 0. The van der Waals surface area contributed by atoms with Gasteiger partial charge in [0.2, 0.25) is 0 Å². The molecule has 0 saturated heterocycles. The summed E-state index contributed by atoms with van der Waals surface area (Å²) in [4.78, 5) is 24.7. The fourth-order valence-electron chi connectivity index (χ4n) is 2.68. The lowest BCUT2D eigenvalue weighted by molar-refractivity contribution is -0.121. The molecule has 0 aliphatic rings. The van der Waals surface area contributed by atoms with Crippen LogP contribution in [0, 0.1) is 6.92 Å². The highest BCUT2D eigenvalue weighted by Gasteiger charge is 2.13. The van der Waals surface area contributed by atoms with E-state index in [2.05, 4.69) is 16.0 Å². The number of ether oxygens (including phenoxy) is 1. The first-order valence-electron chi connectivity index (χ1n) is 9.27. The monoisotopic (exact) mass is 419 g/mol. The van der Waals surface area contributed by atoms with E-state index < -0.39 is 5.91 Å². The zero-order valence-electron chi connectivity index (χ0n) is 16.3. The van der Waals surface area contributed by atoms with Gasteiger partial charge in [0, 0.05) is 5.69 Å². The Kier molecular flexibility index (Phi) is 7.13. The molecule has 0 bridgehead atoms. The number of hydrogen-bond donors (Lipinski definition) is 3. The van der Waals surface area contributed by atoms with Gasteiger partial charge < -0.3 is 15.4 Å². The Balaban J connectivity index is 1.57. The first kappa shape index (κ1) is 21.0. The minimum Gasteiger partial charge on any atom is -0.484 e. The Morgan fingerprint density at radius 3 is 2.40 bits per heavy atom. The summed E-state index contributed by atoms with van der Waals surface area (Å²) in [6.45, 7) is 1.76. The van der Waals surface area contributed by atoms with Crippen LogP contribution in [0.25, 0.3) is 0 Å². The first-order valence-corrected chi connectivity index (χ1v) is 9.68. The molecule has 3 aromatic carbocycles. The average molecular weight is 420 g/mol. The maximum atomic E-state index is 12.6. The molecule has 0 radical (unpaired) electrons. The molecule has 0 heterocycles. The van der Waals surface area contributed by atoms with Crippen molar-refractivity contribution in [2.45, 2.75) is 6.92 Å². The van der Waals surface area contributed by atoms with E-state index in [1.807, 2.05) is 43.3 Å². The number of aryl methyl sites for hydroxylation is 1. The zero-order chi connectivity index (χ0) is 21.3. The van der Waals surface area contributed by atoms with E-state index in [-0.39, 0.29) is 17.6 Å². The molecule has 2 amide bonds. The predicted molar refractivity (Wildman–Crippen MR) is 122 cm³/mol. The van der Waals surface area contributed by atoms with Gasteiger partial charge in [0.15, 0.2) is 11.7 Å². The fraction of sp³-hybridized carbons (Fsp3) is 0.0870. The van der Waals surface area contributed by atoms with Crippen molar-refractivity contribution < 1.29 is 14.3 Å². The van der Waals surface area contributed by atoms with E-state index in [0.717, 1.165) is 5.56 Å². The Hall–Kier alpha value is -3.71. The molecule has 3 aromatic rings. The van der Waals surface area contributed by atoms with Crippen molar-refractivity contribution >= 4 is 40.5 Å². The molecule has 0 fully saturated rings. The lowest BCUT2D eigenvalue weighted by atomic mass is 10.1. The third kappa shape index (κ3) is 6.15. The zero-order valence-corrected chi connectivity index (χ0v) is 17.2. The molecule has 0 aliphatic carbocycles. The van der Waals surface area contributed by atoms with Gasteiger partial charge in [-0.3, -0.25) is 14.9 Å². The van der Waals surface area contributed by atoms with Crippen LogP contribution < -0.4 is 20.7 Å². The van der Waals surface area contributed by atoms with Crippen LogP contribution in [0.15, 0.2) is 78.9 Å². The Labute approximate surface area is 180 Å². The first-order chi connectivity index (χ1) is 14.5. The van der Waals surface area contributed by atoms with Crippen LogP contribution in [-0.4, -0.2) is 23.5 Å². The highest BCUT2D eigenvalue weighted by Crippen LogP contribution is 2.17. The maximum absolute atomic E-state index is 12.6. The summed E-state index contributed by atoms with van der Waals surface area (Å²) in [5, 5.41) is 8.36. The number of carbonyl (C=O) groups excluding carboxylic acids is 2. The molecule has 30 heavy (non-hydrogen) atoms. The third-order valence-electron chi connectivity index (χ3n) is 4.06. The quantitative estimate of drug-likeness (QED) is 0.524. The second-order valence-corrected chi connectivity index (χ2v) is 6.88. The Bertz CT molecular complexity index is 1050. The number of nitrogens with one attached hydrogen (secondary N) is 3. The molecular weight excluding hydrogens is 398 g/mol. The van der Waals surface area contributed by atoms with Crippen molar-refractivity contribution in [3.63, 3.8) is 0 Å². The highest BCUT2D eigenvalue weighted by molar-refractivity contribution is 7.80. The number of para-hydroxylation sites is 2. The van der Waals surface area contributed by atoms with Gasteiger partial charge in [-0.2, -0.15) is 0 Å². The second kappa shape index (κ2) is 10.2. The number of rotatable bonds is 6. The summed E-state index contributed by atoms with van der Waals surface area (Å²) in [6, 6.07) is 23.5. The van der Waals surface area contributed by atoms with Crippen molar-refractivity contribution in [3.8, 4) is 5.75 Å². The van der Waals surface area contributed by atoms with Crippen LogP contribution in [0.1, 0.15) is 15.9 Å². The molecule has 0 spiro atoms. The maximum Gasteiger partial charge on any atom is 0.264 e. The lowest BCUT2D eigenvalue weighted by Gasteiger charge is -2.14. The van der Waals surface area contributed by atoms with Crippen molar-refractivity contribution in [2.75, 3.05) is 17.2 Å². The summed E-state index contributed by atoms with van der Waals surface area (Å²) in [5.74, 6) is -0.0895. The van der Waals surface area contributed by atoms with Gasteiger partial charge in [0.05, 0.1) is 11.3 Å². The van der Waals surface area contributed by atoms with Crippen LogP contribution in [0.2, 0.25) is 0 Å². The van der Waals surface area contributed by atoms with Gasteiger partial charge in [-0.05, 0) is 61.1 Å². The molecule has 152 valence electrons. The van der Waals surface area contributed by atoms with Crippen molar-refractivity contribution in [1.82, 2.24) is 5.32 Å². The van der Waals surface area contributed by atoms with E-state index in [1.165, 1.54) is 0 Å². The molecular formula is C23H21N3O3S. The Morgan fingerprint density at radius 1 is 0.900 bits per heavy atom. The van der Waals surface area contributed by atoms with E-state index in [9.17, 15) is 9.59 Å². The van der Waals surface area contributed by atoms with Crippen molar-refractivity contribution in [1.29, 1.82) is 0 Å². The topological polar surface area (TPSA) is 79.5 Å². The van der Waals surface area contributed by atoms with Crippen LogP contribution in [0.3, 0.4) is 0 Å². The highest BCUT2D eigenvalue weighted by atomic mass is 32.1. The van der Waals surface area contributed by atoms with Crippen LogP contribution in [-0.2, 0) is 4.79 Å². The van der Waals surface area contributed by atoms with E-state index in [0.29, 0.717) is 22.7 Å². The average Bonchev–Trinajstić information content (AvgIpc) is 2.73. The smallest absolute Gasteiger partial charge is 0.264 e. The number of benzene rings is 3. The van der Waals surface area contributed by atoms with E-state index in [4.69, 9.17) is 17.0 Å². The van der Waals surface area contributed by atoms with Crippen molar-refractivity contribution in [3.05, 3.63) is 90.0 Å². The standard InChI is InChI=1S/C23H21N3O3S/c1-16-8-7-11-18(14-16)29-15-21(27)26-23(30)25-20-13-6-5-12-19(20)22(28)24-17-9-3-2-4-10-17/h2-14H,15H2,1H3,(H,24,28)(H2,25,26,27,30). The summed E-state index contributed by atoms with van der Waals surface area (Å²) in [7, 11) is 0. The van der Waals surface area contributed by atoms with Crippen LogP contribution in [0.5, 0.6) is 5.75 Å². The summed E-state index contributed by atoms with van der Waals surface area (Å²) >= 11 is 5.21. The van der Waals surface area contributed by atoms with Crippen LogP contribution in [0.4, 0.5) is 11.4 Å². The molecule has 3 rings (SSSR count). The van der Waals surface area contributed by atoms with E-state index in [1.54, 1.807) is 42.5 Å². The summed E-state index contributed by atoms with van der Waals surface area (Å²) < 4.78 is 5.46. The molecule has 0 aliphatic heterocycles. The minimum absolute atomic E-state index is 0.0767. The predicted octanol–water partition coefficient (Wildman–Crippen LogP) is 4.14. The van der Waals surface area contributed by atoms with Crippen LogP contribution >= 0.6 is 12.2 Å². The van der Waals surface area contributed by atoms with Gasteiger partial charge in [-0.15, -0.1) is 0 Å². The number of thiocarbonyl (C=S) groups is 1. The molecule has 6 nitrogen and oxygen atoms in total.